The maximum absolute atomic E-state index is 5.08. The van der Waals surface area contributed by atoms with Crippen molar-refractivity contribution in [3.8, 4) is 0 Å². The minimum Gasteiger partial charge on any atom is -0.385 e. The first-order valence-corrected chi connectivity index (χ1v) is 7.58. The number of hydrogen-bond donors (Lipinski definition) is 1. The summed E-state index contributed by atoms with van der Waals surface area (Å²) in [5.74, 6) is 1.09. The standard InChI is InChI=1S/C13H23N3OS/c1-10-12(9-14-11-5-6-11)13(16(2)15-10)18-8-4-7-17-3/h11,14H,4-9H2,1-3H3. The van der Waals surface area contributed by atoms with Crippen LogP contribution in [0.15, 0.2) is 5.03 Å². The Morgan fingerprint density at radius 2 is 2.28 bits per heavy atom. The topological polar surface area (TPSA) is 39.1 Å². The summed E-state index contributed by atoms with van der Waals surface area (Å²) in [5, 5.41) is 9.41. The van der Waals surface area contributed by atoms with Crippen LogP contribution in [-0.4, -0.2) is 35.3 Å². The molecule has 0 saturated heterocycles. The van der Waals surface area contributed by atoms with Crippen LogP contribution in [0.1, 0.15) is 30.5 Å². The summed E-state index contributed by atoms with van der Waals surface area (Å²) in [7, 11) is 3.79. The average Bonchev–Trinajstić information content (AvgIpc) is 3.11. The van der Waals surface area contributed by atoms with Crippen LogP contribution in [-0.2, 0) is 18.3 Å². The van der Waals surface area contributed by atoms with Crippen molar-refractivity contribution in [3.05, 3.63) is 11.3 Å². The predicted molar refractivity (Wildman–Crippen MR) is 75.0 cm³/mol. The monoisotopic (exact) mass is 269 g/mol. The van der Waals surface area contributed by atoms with Crippen LogP contribution in [0.2, 0.25) is 0 Å². The van der Waals surface area contributed by atoms with Crippen molar-refractivity contribution in [1.29, 1.82) is 0 Å². The van der Waals surface area contributed by atoms with Gasteiger partial charge >= 0.3 is 0 Å². The van der Waals surface area contributed by atoms with E-state index in [0.29, 0.717) is 0 Å². The minimum atomic E-state index is 0.746. The van der Waals surface area contributed by atoms with Gasteiger partial charge in [0.05, 0.1) is 10.7 Å². The summed E-state index contributed by atoms with van der Waals surface area (Å²) in [6, 6.07) is 0.746. The van der Waals surface area contributed by atoms with E-state index in [0.717, 1.165) is 37.1 Å². The number of hydrogen-bond acceptors (Lipinski definition) is 4. The number of methoxy groups -OCH3 is 1. The molecule has 1 fully saturated rings. The van der Waals surface area contributed by atoms with E-state index in [1.807, 2.05) is 23.5 Å². The molecule has 1 heterocycles. The molecular formula is C13H23N3OS. The van der Waals surface area contributed by atoms with Crippen molar-refractivity contribution in [2.24, 2.45) is 7.05 Å². The molecule has 1 aliphatic carbocycles. The van der Waals surface area contributed by atoms with Crippen molar-refractivity contribution in [1.82, 2.24) is 15.1 Å². The molecule has 0 unspecified atom stereocenters. The molecule has 0 atom stereocenters. The van der Waals surface area contributed by atoms with Gasteiger partial charge in [0.25, 0.3) is 0 Å². The van der Waals surface area contributed by atoms with Gasteiger partial charge in [-0.05, 0) is 26.2 Å². The largest absolute Gasteiger partial charge is 0.385 e. The SMILES string of the molecule is COCCCSc1c(CNC2CC2)c(C)nn1C. The van der Waals surface area contributed by atoms with Crippen LogP contribution in [0.4, 0.5) is 0 Å². The third-order valence-corrected chi connectivity index (χ3v) is 4.44. The summed E-state index contributed by atoms with van der Waals surface area (Å²) in [6.45, 7) is 3.89. The first-order chi connectivity index (χ1) is 8.72. The Labute approximate surface area is 113 Å². The van der Waals surface area contributed by atoms with E-state index in [2.05, 4.69) is 17.3 Å². The zero-order chi connectivity index (χ0) is 13.0. The Kier molecular flexibility index (Phi) is 5.09. The molecule has 4 nitrogen and oxygen atoms in total. The summed E-state index contributed by atoms with van der Waals surface area (Å²) >= 11 is 1.89. The molecular weight excluding hydrogens is 246 g/mol. The van der Waals surface area contributed by atoms with Gasteiger partial charge in [0, 0.05) is 44.7 Å². The quantitative estimate of drug-likeness (QED) is 0.579. The second kappa shape index (κ2) is 6.59. The predicted octanol–water partition coefficient (Wildman–Crippen LogP) is 2.11. The summed E-state index contributed by atoms with van der Waals surface area (Å²) in [6.07, 6.45) is 3.74. The first-order valence-electron chi connectivity index (χ1n) is 6.60. The fourth-order valence-electron chi connectivity index (χ4n) is 1.97. The van der Waals surface area contributed by atoms with Gasteiger partial charge in [-0.1, -0.05) is 0 Å². The number of thioether (sulfide) groups is 1. The van der Waals surface area contributed by atoms with Gasteiger partial charge in [0.1, 0.15) is 0 Å². The van der Waals surface area contributed by atoms with Crippen LogP contribution in [0.3, 0.4) is 0 Å². The van der Waals surface area contributed by atoms with Gasteiger partial charge in [-0.15, -0.1) is 11.8 Å². The lowest BCUT2D eigenvalue weighted by Gasteiger charge is -2.07. The Hall–Kier alpha value is -0.520. The van der Waals surface area contributed by atoms with E-state index >= 15 is 0 Å². The fourth-order valence-corrected chi connectivity index (χ4v) is 3.05. The maximum Gasteiger partial charge on any atom is 0.0984 e. The van der Waals surface area contributed by atoms with Crippen LogP contribution in [0, 0.1) is 6.92 Å². The maximum atomic E-state index is 5.08. The molecule has 1 aromatic heterocycles. The second-order valence-electron chi connectivity index (χ2n) is 4.84. The van der Waals surface area contributed by atoms with Gasteiger partial charge in [-0.3, -0.25) is 4.68 Å². The molecule has 1 N–H and O–H groups in total. The highest BCUT2D eigenvalue weighted by Crippen LogP contribution is 2.27. The molecule has 0 spiro atoms. The summed E-state index contributed by atoms with van der Waals surface area (Å²) in [4.78, 5) is 0. The molecule has 102 valence electrons. The summed E-state index contributed by atoms with van der Waals surface area (Å²) in [5.41, 5.74) is 2.52. The molecule has 18 heavy (non-hydrogen) atoms. The van der Waals surface area contributed by atoms with Crippen molar-refractivity contribution in [2.75, 3.05) is 19.5 Å². The highest BCUT2D eigenvalue weighted by molar-refractivity contribution is 7.99. The number of ether oxygens (including phenoxy) is 1. The molecule has 2 rings (SSSR count). The average molecular weight is 269 g/mol. The normalized spacial score (nSPS) is 15.3. The van der Waals surface area contributed by atoms with E-state index in [1.54, 1.807) is 7.11 Å². The van der Waals surface area contributed by atoms with E-state index in [1.165, 1.54) is 23.4 Å². The third kappa shape index (κ3) is 3.73. The number of aryl methyl sites for hydroxylation is 2. The van der Waals surface area contributed by atoms with Crippen LogP contribution in [0.25, 0.3) is 0 Å². The summed E-state index contributed by atoms with van der Waals surface area (Å²) < 4.78 is 7.10. The number of nitrogens with zero attached hydrogens (tertiary/aromatic N) is 2. The van der Waals surface area contributed by atoms with Crippen molar-refractivity contribution in [3.63, 3.8) is 0 Å². The van der Waals surface area contributed by atoms with E-state index in [-0.39, 0.29) is 0 Å². The molecule has 0 bridgehead atoms. The molecule has 0 aromatic carbocycles. The number of nitrogens with one attached hydrogen (secondary N) is 1. The van der Waals surface area contributed by atoms with Gasteiger partial charge in [0.15, 0.2) is 0 Å². The van der Waals surface area contributed by atoms with Crippen molar-refractivity contribution in [2.45, 2.75) is 43.8 Å². The van der Waals surface area contributed by atoms with E-state index < -0.39 is 0 Å². The fraction of sp³-hybridized carbons (Fsp3) is 0.769. The molecule has 1 aromatic rings. The Morgan fingerprint density at radius 3 is 2.94 bits per heavy atom. The molecule has 0 radical (unpaired) electrons. The highest BCUT2D eigenvalue weighted by Gasteiger charge is 2.22. The molecule has 0 aliphatic heterocycles. The Bertz CT molecular complexity index is 388. The van der Waals surface area contributed by atoms with Gasteiger partial charge in [-0.25, -0.2) is 0 Å². The van der Waals surface area contributed by atoms with Crippen molar-refractivity contribution < 1.29 is 4.74 Å². The minimum absolute atomic E-state index is 0.746. The zero-order valence-corrected chi connectivity index (χ0v) is 12.3. The van der Waals surface area contributed by atoms with E-state index in [4.69, 9.17) is 4.74 Å². The lowest BCUT2D eigenvalue weighted by molar-refractivity contribution is 0.200. The number of rotatable bonds is 8. The Balaban J connectivity index is 1.92. The van der Waals surface area contributed by atoms with Crippen LogP contribution >= 0.6 is 11.8 Å². The number of aromatic nitrogens is 2. The lowest BCUT2D eigenvalue weighted by Crippen LogP contribution is -2.16. The third-order valence-electron chi connectivity index (χ3n) is 3.17. The van der Waals surface area contributed by atoms with Crippen LogP contribution in [0.5, 0.6) is 0 Å². The molecule has 1 aliphatic rings. The first kappa shape index (κ1) is 13.9. The molecule has 0 amide bonds. The second-order valence-corrected chi connectivity index (χ2v) is 5.93. The van der Waals surface area contributed by atoms with Crippen molar-refractivity contribution >= 4 is 11.8 Å². The molecule has 1 saturated carbocycles. The van der Waals surface area contributed by atoms with Gasteiger partial charge in [-0.2, -0.15) is 5.10 Å². The highest BCUT2D eigenvalue weighted by atomic mass is 32.2. The molecule has 5 heteroatoms. The smallest absolute Gasteiger partial charge is 0.0984 e. The zero-order valence-electron chi connectivity index (χ0n) is 11.5. The van der Waals surface area contributed by atoms with E-state index in [9.17, 15) is 0 Å². The van der Waals surface area contributed by atoms with Gasteiger partial charge < -0.3 is 10.1 Å². The van der Waals surface area contributed by atoms with Gasteiger partial charge in [0.2, 0.25) is 0 Å². The lowest BCUT2D eigenvalue weighted by atomic mass is 10.2. The Morgan fingerprint density at radius 1 is 1.50 bits per heavy atom. The van der Waals surface area contributed by atoms with Crippen LogP contribution < -0.4 is 5.32 Å².